The predicted molar refractivity (Wildman–Crippen MR) is 85.0 cm³/mol. The van der Waals surface area contributed by atoms with E-state index in [1.165, 1.54) is 12.1 Å². The average molecular weight is 334 g/mol. The summed E-state index contributed by atoms with van der Waals surface area (Å²) in [6.45, 7) is 3.19. The van der Waals surface area contributed by atoms with Gasteiger partial charge < -0.3 is 9.47 Å². The average Bonchev–Trinajstić information content (AvgIpc) is 2.78. The minimum Gasteiger partial charge on any atom is -0.490 e. The van der Waals surface area contributed by atoms with Gasteiger partial charge >= 0.3 is 0 Å². The lowest BCUT2D eigenvalue weighted by Gasteiger charge is -2.11. The molecule has 23 heavy (non-hydrogen) atoms. The molecule has 122 valence electrons. The summed E-state index contributed by atoms with van der Waals surface area (Å²) in [6, 6.07) is 6.45. The second kappa shape index (κ2) is 6.55. The first-order chi connectivity index (χ1) is 11.1. The number of rotatable bonds is 4. The molecule has 1 aliphatic heterocycles. The van der Waals surface area contributed by atoms with Gasteiger partial charge in [-0.25, -0.2) is 13.1 Å². The van der Waals surface area contributed by atoms with E-state index in [0.717, 1.165) is 17.5 Å². The van der Waals surface area contributed by atoms with Crippen LogP contribution in [0.25, 0.3) is 0 Å². The molecule has 0 saturated heterocycles. The van der Waals surface area contributed by atoms with Gasteiger partial charge in [-0.05, 0) is 36.2 Å². The van der Waals surface area contributed by atoms with Gasteiger partial charge in [0, 0.05) is 31.4 Å². The smallest absolute Gasteiger partial charge is 0.241 e. The third-order valence-electron chi connectivity index (χ3n) is 3.62. The van der Waals surface area contributed by atoms with Crippen LogP contribution in [0.15, 0.2) is 41.6 Å². The van der Waals surface area contributed by atoms with Gasteiger partial charge in [0.1, 0.15) is 0 Å². The van der Waals surface area contributed by atoms with Crippen LogP contribution in [0.5, 0.6) is 11.5 Å². The van der Waals surface area contributed by atoms with Crippen LogP contribution in [0.4, 0.5) is 0 Å². The fraction of sp³-hybridized carbons (Fsp3) is 0.312. The van der Waals surface area contributed by atoms with Crippen LogP contribution in [0, 0.1) is 6.92 Å². The summed E-state index contributed by atoms with van der Waals surface area (Å²) in [4.78, 5) is 4.16. The van der Waals surface area contributed by atoms with Crippen molar-refractivity contribution in [2.45, 2.75) is 24.8 Å². The molecule has 7 heteroatoms. The second-order valence-corrected chi connectivity index (χ2v) is 7.05. The standard InChI is InChI=1S/C16H18N2O4S/c1-12-10-17-6-5-13(12)11-18-23(19,20)14-3-4-15-16(9-14)22-8-2-7-21-15/h3-6,9-10,18H,2,7-8,11H2,1H3. The minimum atomic E-state index is -3.63. The molecule has 3 rings (SSSR count). The largest absolute Gasteiger partial charge is 0.490 e. The lowest BCUT2D eigenvalue weighted by molar-refractivity contribution is 0.297. The van der Waals surface area contributed by atoms with Crippen LogP contribution in [-0.4, -0.2) is 26.6 Å². The number of benzene rings is 1. The number of ether oxygens (including phenoxy) is 2. The third kappa shape index (κ3) is 3.62. The number of pyridine rings is 1. The molecular weight excluding hydrogens is 316 g/mol. The number of aryl methyl sites for hydroxylation is 1. The maximum Gasteiger partial charge on any atom is 0.241 e. The van der Waals surface area contributed by atoms with Gasteiger partial charge in [0.2, 0.25) is 10.0 Å². The number of sulfonamides is 1. The highest BCUT2D eigenvalue weighted by atomic mass is 32.2. The number of fused-ring (bicyclic) bond motifs is 1. The van der Waals surface area contributed by atoms with Crippen LogP contribution in [-0.2, 0) is 16.6 Å². The van der Waals surface area contributed by atoms with Crippen LogP contribution >= 0.6 is 0 Å². The number of hydrogen-bond donors (Lipinski definition) is 1. The third-order valence-corrected chi connectivity index (χ3v) is 5.02. The van der Waals surface area contributed by atoms with E-state index in [4.69, 9.17) is 9.47 Å². The molecule has 0 spiro atoms. The van der Waals surface area contributed by atoms with Gasteiger partial charge in [-0.15, -0.1) is 0 Å². The number of aromatic nitrogens is 1. The van der Waals surface area contributed by atoms with E-state index < -0.39 is 10.0 Å². The number of nitrogens with zero attached hydrogens (tertiary/aromatic N) is 1. The van der Waals surface area contributed by atoms with Crippen molar-refractivity contribution in [3.05, 3.63) is 47.8 Å². The van der Waals surface area contributed by atoms with Gasteiger partial charge in [-0.2, -0.15) is 0 Å². The van der Waals surface area contributed by atoms with Crippen molar-refractivity contribution < 1.29 is 17.9 Å². The van der Waals surface area contributed by atoms with Crippen LogP contribution in [0.3, 0.4) is 0 Å². The number of nitrogens with one attached hydrogen (secondary N) is 1. The maximum absolute atomic E-state index is 12.5. The highest BCUT2D eigenvalue weighted by Gasteiger charge is 2.18. The summed E-state index contributed by atoms with van der Waals surface area (Å²) in [6.07, 6.45) is 4.12. The van der Waals surface area contributed by atoms with E-state index in [1.54, 1.807) is 24.5 Å². The first kappa shape index (κ1) is 15.8. The summed E-state index contributed by atoms with van der Waals surface area (Å²) in [5.41, 5.74) is 1.83. The van der Waals surface area contributed by atoms with Crippen molar-refractivity contribution in [3.8, 4) is 11.5 Å². The van der Waals surface area contributed by atoms with E-state index in [0.29, 0.717) is 24.7 Å². The van der Waals surface area contributed by atoms with Gasteiger partial charge in [-0.1, -0.05) is 0 Å². The van der Waals surface area contributed by atoms with Gasteiger partial charge in [0.25, 0.3) is 0 Å². The molecule has 0 atom stereocenters. The summed E-state index contributed by atoms with van der Waals surface area (Å²) in [7, 11) is -3.63. The predicted octanol–water partition coefficient (Wildman–Crippen LogP) is 2.03. The zero-order chi connectivity index (χ0) is 16.3. The molecule has 1 aliphatic rings. The van der Waals surface area contributed by atoms with Gasteiger partial charge in [0.15, 0.2) is 11.5 Å². The Hall–Kier alpha value is -2.12. The summed E-state index contributed by atoms with van der Waals surface area (Å²) < 4.78 is 38.6. The Morgan fingerprint density at radius 1 is 1.17 bits per heavy atom. The number of hydrogen-bond acceptors (Lipinski definition) is 5. The summed E-state index contributed by atoms with van der Waals surface area (Å²) >= 11 is 0. The topological polar surface area (TPSA) is 77.5 Å². The molecule has 2 aromatic rings. The Balaban J connectivity index is 1.80. The van der Waals surface area contributed by atoms with Crippen molar-refractivity contribution in [2.75, 3.05) is 13.2 Å². The zero-order valence-electron chi connectivity index (χ0n) is 12.8. The van der Waals surface area contributed by atoms with E-state index >= 15 is 0 Å². The Morgan fingerprint density at radius 2 is 1.96 bits per heavy atom. The molecule has 1 N–H and O–H groups in total. The monoisotopic (exact) mass is 334 g/mol. The maximum atomic E-state index is 12.5. The van der Waals surface area contributed by atoms with Crippen molar-refractivity contribution in [3.63, 3.8) is 0 Å². The molecular formula is C16H18N2O4S. The van der Waals surface area contributed by atoms with Crippen LogP contribution in [0.1, 0.15) is 17.5 Å². The molecule has 0 saturated carbocycles. The molecule has 0 fully saturated rings. The highest BCUT2D eigenvalue weighted by Crippen LogP contribution is 2.31. The van der Waals surface area contributed by atoms with E-state index in [9.17, 15) is 8.42 Å². The van der Waals surface area contributed by atoms with E-state index in [2.05, 4.69) is 9.71 Å². The van der Waals surface area contributed by atoms with Crippen molar-refractivity contribution >= 4 is 10.0 Å². The normalized spacial score (nSPS) is 14.3. The fourth-order valence-corrected chi connectivity index (χ4v) is 3.29. The quantitative estimate of drug-likeness (QED) is 0.926. The van der Waals surface area contributed by atoms with E-state index in [-0.39, 0.29) is 11.4 Å². The molecule has 0 unspecified atom stereocenters. The van der Waals surface area contributed by atoms with Crippen LogP contribution < -0.4 is 14.2 Å². The molecule has 0 radical (unpaired) electrons. The Morgan fingerprint density at radius 3 is 2.74 bits per heavy atom. The van der Waals surface area contributed by atoms with Crippen molar-refractivity contribution in [2.24, 2.45) is 0 Å². The lowest BCUT2D eigenvalue weighted by Crippen LogP contribution is -2.23. The second-order valence-electron chi connectivity index (χ2n) is 5.29. The van der Waals surface area contributed by atoms with Crippen molar-refractivity contribution in [1.82, 2.24) is 9.71 Å². The Labute approximate surface area is 135 Å². The summed E-state index contributed by atoms with van der Waals surface area (Å²) in [5.74, 6) is 1.04. The minimum absolute atomic E-state index is 0.161. The Bertz CT molecular complexity index is 805. The molecule has 1 aromatic carbocycles. The zero-order valence-corrected chi connectivity index (χ0v) is 13.6. The molecule has 2 heterocycles. The first-order valence-corrected chi connectivity index (χ1v) is 8.83. The highest BCUT2D eigenvalue weighted by molar-refractivity contribution is 7.89. The van der Waals surface area contributed by atoms with Gasteiger partial charge in [-0.3, -0.25) is 4.98 Å². The SMILES string of the molecule is Cc1cnccc1CNS(=O)(=O)c1ccc2c(c1)OCCCO2. The van der Waals surface area contributed by atoms with Crippen molar-refractivity contribution in [1.29, 1.82) is 0 Å². The van der Waals surface area contributed by atoms with Gasteiger partial charge in [0.05, 0.1) is 18.1 Å². The molecule has 1 aromatic heterocycles. The molecule has 0 amide bonds. The fourth-order valence-electron chi connectivity index (χ4n) is 2.27. The first-order valence-electron chi connectivity index (χ1n) is 7.35. The lowest BCUT2D eigenvalue weighted by atomic mass is 10.2. The molecule has 6 nitrogen and oxygen atoms in total. The summed E-state index contributed by atoms with van der Waals surface area (Å²) in [5, 5.41) is 0. The van der Waals surface area contributed by atoms with Crippen LogP contribution in [0.2, 0.25) is 0 Å². The Kier molecular flexibility index (Phi) is 4.49. The molecule has 0 aliphatic carbocycles. The van der Waals surface area contributed by atoms with E-state index in [1.807, 2.05) is 6.92 Å². The molecule has 0 bridgehead atoms.